The van der Waals surface area contributed by atoms with E-state index in [2.05, 4.69) is 4.72 Å². The van der Waals surface area contributed by atoms with Gasteiger partial charge in [0.15, 0.2) is 0 Å². The Labute approximate surface area is 111 Å². The largest absolute Gasteiger partial charge is 0.481 e. The number of aliphatic carboxylic acids is 1. The third kappa shape index (κ3) is 4.00. The zero-order chi connectivity index (χ0) is 14.6. The molecule has 0 spiro atoms. The van der Waals surface area contributed by atoms with E-state index in [0.717, 1.165) is 6.07 Å². The quantitative estimate of drug-likeness (QED) is 0.831. The van der Waals surface area contributed by atoms with Gasteiger partial charge in [0.25, 0.3) is 0 Å². The highest BCUT2D eigenvalue weighted by atomic mass is 32.2. The normalized spacial score (nSPS) is 13.2. The summed E-state index contributed by atoms with van der Waals surface area (Å²) in [6.45, 7) is 2.96. The van der Waals surface area contributed by atoms with E-state index in [9.17, 15) is 17.6 Å². The Morgan fingerprint density at radius 3 is 2.58 bits per heavy atom. The number of benzene rings is 1. The first-order valence-electron chi connectivity index (χ1n) is 5.76. The molecule has 1 aromatic rings. The smallest absolute Gasteiger partial charge is 0.307 e. The van der Waals surface area contributed by atoms with Crippen molar-refractivity contribution >= 4 is 16.0 Å². The third-order valence-electron chi connectivity index (χ3n) is 2.82. The molecule has 106 valence electrons. The number of halogens is 1. The van der Waals surface area contributed by atoms with E-state index in [1.165, 1.54) is 19.1 Å². The standard InChI is InChI=1S/C12H16FNO4S/c1-3-9(12(15)16)7-14-19(17,18)10-5-4-8(2)11(13)6-10/h4-6,9,14H,3,7H2,1-2H3,(H,15,16). The molecule has 0 fully saturated rings. The highest BCUT2D eigenvalue weighted by Gasteiger charge is 2.20. The van der Waals surface area contributed by atoms with Crippen molar-refractivity contribution in [3.05, 3.63) is 29.6 Å². The van der Waals surface area contributed by atoms with Crippen LogP contribution in [0.15, 0.2) is 23.1 Å². The van der Waals surface area contributed by atoms with Crippen LogP contribution >= 0.6 is 0 Å². The van der Waals surface area contributed by atoms with Crippen molar-refractivity contribution in [3.8, 4) is 0 Å². The van der Waals surface area contributed by atoms with Crippen LogP contribution in [-0.2, 0) is 14.8 Å². The number of hydrogen-bond donors (Lipinski definition) is 2. The minimum Gasteiger partial charge on any atom is -0.481 e. The Bertz CT molecular complexity index is 571. The molecular formula is C12H16FNO4S. The molecule has 0 bridgehead atoms. The monoisotopic (exact) mass is 289 g/mol. The molecule has 7 heteroatoms. The molecule has 1 rings (SSSR count). The Balaban J connectivity index is 2.86. The highest BCUT2D eigenvalue weighted by Crippen LogP contribution is 2.14. The highest BCUT2D eigenvalue weighted by molar-refractivity contribution is 7.89. The van der Waals surface area contributed by atoms with Crippen LogP contribution in [0.25, 0.3) is 0 Å². The number of nitrogens with one attached hydrogen (secondary N) is 1. The molecule has 1 unspecified atom stereocenters. The van der Waals surface area contributed by atoms with Crippen molar-refractivity contribution < 1.29 is 22.7 Å². The summed E-state index contributed by atoms with van der Waals surface area (Å²) in [6.07, 6.45) is 0.306. The van der Waals surface area contributed by atoms with Gasteiger partial charge in [0.05, 0.1) is 10.8 Å². The summed E-state index contributed by atoms with van der Waals surface area (Å²) in [7, 11) is -3.89. The van der Waals surface area contributed by atoms with Crippen molar-refractivity contribution in [3.63, 3.8) is 0 Å². The van der Waals surface area contributed by atoms with E-state index in [0.29, 0.717) is 12.0 Å². The second kappa shape index (κ2) is 6.12. The van der Waals surface area contributed by atoms with Gasteiger partial charge in [-0.1, -0.05) is 13.0 Å². The van der Waals surface area contributed by atoms with Gasteiger partial charge in [-0.3, -0.25) is 4.79 Å². The Morgan fingerprint density at radius 1 is 1.47 bits per heavy atom. The number of aryl methyl sites for hydroxylation is 1. The van der Waals surface area contributed by atoms with E-state index in [-0.39, 0.29) is 11.4 Å². The fourth-order valence-electron chi connectivity index (χ4n) is 1.44. The molecule has 1 aromatic carbocycles. The Morgan fingerprint density at radius 2 is 2.11 bits per heavy atom. The number of carboxylic acids is 1. The van der Waals surface area contributed by atoms with Crippen molar-refractivity contribution in [2.45, 2.75) is 25.2 Å². The summed E-state index contributed by atoms with van der Waals surface area (Å²) in [5.74, 6) is -2.49. The molecule has 0 aliphatic heterocycles. The van der Waals surface area contributed by atoms with Crippen LogP contribution in [0.5, 0.6) is 0 Å². The zero-order valence-corrected chi connectivity index (χ0v) is 11.5. The van der Waals surface area contributed by atoms with Gasteiger partial charge in [-0.2, -0.15) is 0 Å². The lowest BCUT2D eigenvalue weighted by Crippen LogP contribution is -2.32. The fraction of sp³-hybridized carbons (Fsp3) is 0.417. The lowest BCUT2D eigenvalue weighted by molar-refractivity contribution is -0.141. The summed E-state index contributed by atoms with van der Waals surface area (Å²) in [4.78, 5) is 10.6. The Hall–Kier alpha value is -1.47. The minimum atomic E-state index is -3.89. The maximum atomic E-state index is 13.3. The van der Waals surface area contributed by atoms with Crippen LogP contribution < -0.4 is 4.72 Å². The van der Waals surface area contributed by atoms with Gasteiger partial charge in [-0.25, -0.2) is 17.5 Å². The van der Waals surface area contributed by atoms with Crippen LogP contribution in [-0.4, -0.2) is 26.0 Å². The van der Waals surface area contributed by atoms with Gasteiger partial charge in [0.1, 0.15) is 5.82 Å². The molecule has 2 N–H and O–H groups in total. The van der Waals surface area contributed by atoms with Gasteiger partial charge in [0, 0.05) is 6.54 Å². The summed E-state index contributed by atoms with van der Waals surface area (Å²) >= 11 is 0. The first-order valence-corrected chi connectivity index (χ1v) is 7.25. The molecule has 0 saturated carbocycles. The number of carbonyl (C=O) groups is 1. The van der Waals surface area contributed by atoms with Gasteiger partial charge in [0.2, 0.25) is 10.0 Å². The molecule has 0 aliphatic rings. The first kappa shape index (κ1) is 15.6. The topological polar surface area (TPSA) is 83.5 Å². The molecule has 19 heavy (non-hydrogen) atoms. The SMILES string of the molecule is CCC(CNS(=O)(=O)c1ccc(C)c(F)c1)C(=O)O. The molecular weight excluding hydrogens is 273 g/mol. The molecule has 1 atom stereocenters. The number of rotatable bonds is 6. The van der Waals surface area contributed by atoms with Crippen LogP contribution in [0.3, 0.4) is 0 Å². The molecule has 0 aromatic heterocycles. The molecule has 0 amide bonds. The van der Waals surface area contributed by atoms with Crippen molar-refractivity contribution in [1.82, 2.24) is 4.72 Å². The van der Waals surface area contributed by atoms with Gasteiger partial charge in [-0.05, 0) is 31.0 Å². The van der Waals surface area contributed by atoms with Gasteiger partial charge >= 0.3 is 5.97 Å². The van der Waals surface area contributed by atoms with Gasteiger partial charge in [-0.15, -0.1) is 0 Å². The minimum absolute atomic E-state index is 0.212. The average Bonchev–Trinajstić information content (AvgIpc) is 2.32. The van der Waals surface area contributed by atoms with E-state index in [1.54, 1.807) is 6.92 Å². The molecule has 0 saturated heterocycles. The predicted molar refractivity (Wildman–Crippen MR) is 67.7 cm³/mol. The summed E-state index contributed by atoms with van der Waals surface area (Å²) in [5.41, 5.74) is 0.343. The molecule has 0 aliphatic carbocycles. The number of carboxylic acid groups (broad SMARTS) is 1. The molecule has 5 nitrogen and oxygen atoms in total. The summed E-state index contributed by atoms with van der Waals surface area (Å²) in [5, 5.41) is 8.83. The summed E-state index contributed by atoms with van der Waals surface area (Å²) < 4.78 is 39.2. The summed E-state index contributed by atoms with van der Waals surface area (Å²) in [6, 6.07) is 3.56. The zero-order valence-electron chi connectivity index (χ0n) is 10.7. The second-order valence-corrected chi connectivity index (χ2v) is 5.97. The lowest BCUT2D eigenvalue weighted by Gasteiger charge is -2.12. The van der Waals surface area contributed by atoms with Crippen LogP contribution in [0.1, 0.15) is 18.9 Å². The third-order valence-corrected chi connectivity index (χ3v) is 4.24. The van der Waals surface area contributed by atoms with Crippen LogP contribution in [0.4, 0.5) is 4.39 Å². The van der Waals surface area contributed by atoms with Crippen molar-refractivity contribution in [2.24, 2.45) is 5.92 Å². The van der Waals surface area contributed by atoms with E-state index >= 15 is 0 Å². The van der Waals surface area contributed by atoms with E-state index < -0.39 is 27.7 Å². The second-order valence-electron chi connectivity index (χ2n) is 4.21. The molecule has 0 heterocycles. The molecule has 0 radical (unpaired) electrons. The maximum absolute atomic E-state index is 13.3. The van der Waals surface area contributed by atoms with Crippen LogP contribution in [0.2, 0.25) is 0 Å². The first-order chi connectivity index (χ1) is 8.77. The van der Waals surface area contributed by atoms with E-state index in [1.807, 2.05) is 0 Å². The fourth-order valence-corrected chi connectivity index (χ4v) is 2.53. The Kier molecular flexibility index (Phi) is 5.02. The predicted octanol–water partition coefficient (Wildman–Crippen LogP) is 1.52. The van der Waals surface area contributed by atoms with Crippen molar-refractivity contribution in [1.29, 1.82) is 0 Å². The number of hydrogen-bond acceptors (Lipinski definition) is 3. The van der Waals surface area contributed by atoms with Crippen LogP contribution in [0, 0.1) is 18.7 Å². The number of sulfonamides is 1. The maximum Gasteiger partial charge on any atom is 0.307 e. The van der Waals surface area contributed by atoms with Crippen molar-refractivity contribution in [2.75, 3.05) is 6.54 Å². The van der Waals surface area contributed by atoms with E-state index in [4.69, 9.17) is 5.11 Å². The average molecular weight is 289 g/mol. The van der Waals surface area contributed by atoms with Gasteiger partial charge < -0.3 is 5.11 Å². The lowest BCUT2D eigenvalue weighted by atomic mass is 10.1.